The first-order chi connectivity index (χ1) is 9.56. The fourth-order valence-electron chi connectivity index (χ4n) is 1.55. The van der Waals surface area contributed by atoms with Gasteiger partial charge in [0.2, 0.25) is 5.62 Å². The Hall–Kier alpha value is -2.57. The van der Waals surface area contributed by atoms with Crippen LogP contribution in [0.1, 0.15) is 6.92 Å². The summed E-state index contributed by atoms with van der Waals surface area (Å²) in [6.45, 7) is 1.76. The van der Waals surface area contributed by atoms with Gasteiger partial charge in [-0.3, -0.25) is 0 Å². The van der Waals surface area contributed by atoms with Gasteiger partial charge in [0.05, 0.1) is 5.69 Å². The van der Waals surface area contributed by atoms with Crippen molar-refractivity contribution in [1.82, 2.24) is 9.13 Å². The minimum Gasteiger partial charge on any atom is -0.319 e. The second kappa shape index (κ2) is 6.05. The largest absolute Gasteiger partial charge is 0.319 e. The topological polar surface area (TPSA) is 63.2 Å². The number of imidazole rings is 1. The molecule has 0 saturated carbocycles. The van der Waals surface area contributed by atoms with Crippen molar-refractivity contribution >= 4 is 11.5 Å². The highest BCUT2D eigenvalue weighted by molar-refractivity contribution is 5.79. The molecule has 2 rings (SSSR count). The maximum absolute atomic E-state index is 4.15. The average molecular weight is 272 g/mol. The molecule has 0 spiro atoms. The second-order valence-corrected chi connectivity index (χ2v) is 4.49. The minimum atomic E-state index is 0.499. The van der Waals surface area contributed by atoms with Crippen molar-refractivity contribution in [3.63, 3.8) is 0 Å². The van der Waals surface area contributed by atoms with Gasteiger partial charge in [-0.15, -0.1) is 20.4 Å². The molecule has 2 aromatic rings. The summed E-state index contributed by atoms with van der Waals surface area (Å²) in [5.74, 6) is 0.499. The van der Waals surface area contributed by atoms with Gasteiger partial charge in [0.15, 0.2) is 18.2 Å². The van der Waals surface area contributed by atoms with Gasteiger partial charge in [0.25, 0.3) is 0 Å². The zero-order valence-electron chi connectivity index (χ0n) is 12.1. The van der Waals surface area contributed by atoms with Crippen LogP contribution in [0.15, 0.2) is 57.4 Å². The first-order valence-corrected chi connectivity index (χ1v) is 6.19. The number of azo groups is 1. The lowest BCUT2D eigenvalue weighted by atomic mass is 10.4. The molecule has 2 aromatic heterocycles. The molecule has 7 nitrogen and oxygen atoms in total. The van der Waals surface area contributed by atoms with E-state index < -0.39 is 0 Å². The van der Waals surface area contributed by atoms with E-state index in [4.69, 9.17) is 0 Å². The molecule has 20 heavy (non-hydrogen) atoms. The summed E-state index contributed by atoms with van der Waals surface area (Å²) in [6.07, 6.45) is 7.65. The Morgan fingerprint density at radius 2 is 1.70 bits per heavy atom. The first kappa shape index (κ1) is 13.9. The van der Waals surface area contributed by atoms with Crippen LogP contribution in [-0.2, 0) is 21.1 Å². The lowest BCUT2D eigenvalue weighted by Crippen LogP contribution is -2.25. The van der Waals surface area contributed by atoms with Crippen LogP contribution in [0.2, 0.25) is 0 Å². The lowest BCUT2D eigenvalue weighted by Gasteiger charge is -1.92. The Balaban J connectivity index is 2.16. The fourth-order valence-corrected chi connectivity index (χ4v) is 1.55. The summed E-state index contributed by atoms with van der Waals surface area (Å²) in [5.41, 5.74) is 1.52. The van der Waals surface area contributed by atoms with Gasteiger partial charge in [-0.05, 0) is 6.92 Å². The average Bonchev–Trinajstić information content (AvgIpc) is 2.75. The van der Waals surface area contributed by atoms with Crippen LogP contribution in [-0.4, -0.2) is 15.0 Å². The summed E-state index contributed by atoms with van der Waals surface area (Å²) in [4.78, 5) is 0. The van der Waals surface area contributed by atoms with Crippen LogP contribution in [0.5, 0.6) is 0 Å². The number of rotatable bonds is 2. The Bertz CT molecular complexity index is 679. The highest BCUT2D eigenvalue weighted by Crippen LogP contribution is 2.08. The number of aryl methyl sites for hydroxylation is 3. The molecular formula is C13H18N7+. The van der Waals surface area contributed by atoms with Gasteiger partial charge in [0.1, 0.15) is 7.05 Å². The Morgan fingerprint density at radius 1 is 1.10 bits per heavy atom. The van der Waals surface area contributed by atoms with Crippen molar-refractivity contribution in [3.8, 4) is 0 Å². The molecule has 0 radical (unpaired) electrons. The van der Waals surface area contributed by atoms with Crippen molar-refractivity contribution < 1.29 is 4.57 Å². The van der Waals surface area contributed by atoms with Crippen LogP contribution in [0.4, 0.5) is 5.69 Å². The summed E-state index contributed by atoms with van der Waals surface area (Å²) in [5, 5.41) is 16.3. The van der Waals surface area contributed by atoms with Crippen LogP contribution in [0.25, 0.3) is 0 Å². The van der Waals surface area contributed by atoms with E-state index in [0.29, 0.717) is 5.84 Å². The predicted octanol–water partition coefficient (Wildman–Crippen LogP) is 1.21. The molecule has 7 heteroatoms. The van der Waals surface area contributed by atoms with Crippen LogP contribution >= 0.6 is 0 Å². The van der Waals surface area contributed by atoms with Crippen LogP contribution < -0.4 is 10.2 Å². The van der Waals surface area contributed by atoms with Gasteiger partial charge in [-0.2, -0.15) is 0 Å². The number of hydrogen-bond donors (Lipinski definition) is 0. The van der Waals surface area contributed by atoms with E-state index in [0.717, 1.165) is 11.3 Å². The fraction of sp³-hybridized carbons (Fsp3) is 0.308. The Morgan fingerprint density at radius 3 is 2.30 bits per heavy atom. The van der Waals surface area contributed by atoms with E-state index in [2.05, 4.69) is 20.4 Å². The summed E-state index contributed by atoms with van der Waals surface area (Å²) in [7, 11) is 5.77. The molecule has 0 aromatic carbocycles. The SMILES string of the molecule is C/C(N=Nc1cc[n+](C)cc1)=N\N=c1n(C)ccn1C. The number of hydrogen-bond acceptors (Lipinski definition) is 3. The highest BCUT2D eigenvalue weighted by Gasteiger charge is 1.94. The molecular weight excluding hydrogens is 254 g/mol. The molecule has 0 fully saturated rings. The molecule has 0 N–H and O–H groups in total. The maximum atomic E-state index is 4.15. The number of amidine groups is 1. The van der Waals surface area contributed by atoms with Crippen LogP contribution in [0.3, 0.4) is 0 Å². The molecule has 0 saturated heterocycles. The summed E-state index contributed by atoms with van der Waals surface area (Å²) >= 11 is 0. The number of pyridine rings is 1. The van der Waals surface area contributed by atoms with E-state index in [9.17, 15) is 0 Å². The monoisotopic (exact) mass is 272 g/mol. The van der Waals surface area contributed by atoms with Crippen molar-refractivity contribution in [2.45, 2.75) is 6.92 Å². The van der Waals surface area contributed by atoms with Gasteiger partial charge in [0, 0.05) is 38.6 Å². The first-order valence-electron chi connectivity index (χ1n) is 6.19. The molecule has 0 amide bonds. The minimum absolute atomic E-state index is 0.499. The third-order valence-electron chi connectivity index (χ3n) is 2.70. The third-order valence-corrected chi connectivity index (χ3v) is 2.70. The van der Waals surface area contributed by atoms with E-state index in [1.165, 1.54) is 0 Å². The third kappa shape index (κ3) is 3.47. The molecule has 0 atom stereocenters. The number of aromatic nitrogens is 3. The summed E-state index contributed by atoms with van der Waals surface area (Å²) in [6, 6.07) is 3.76. The Kier molecular flexibility index (Phi) is 4.19. The second-order valence-electron chi connectivity index (χ2n) is 4.49. The lowest BCUT2D eigenvalue weighted by molar-refractivity contribution is -0.671. The molecule has 2 heterocycles. The van der Waals surface area contributed by atoms with Crippen molar-refractivity contribution in [2.24, 2.45) is 41.6 Å². The molecule has 0 aliphatic rings. The number of nitrogens with zero attached hydrogens (tertiary/aromatic N) is 7. The quantitative estimate of drug-likeness (QED) is 0.259. The van der Waals surface area contributed by atoms with Crippen molar-refractivity contribution in [1.29, 1.82) is 0 Å². The zero-order chi connectivity index (χ0) is 14.5. The standard InChI is InChI=1S/C13H18N7/c1-11(14-16-12-5-7-18(2)8-6-12)15-17-13-19(3)9-10-20(13)4/h5-10H,1-4H3/q+1. The smallest absolute Gasteiger partial charge is 0.229 e. The van der Waals surface area contributed by atoms with E-state index in [-0.39, 0.29) is 0 Å². The van der Waals surface area contributed by atoms with Gasteiger partial charge in [-0.25, -0.2) is 4.57 Å². The molecule has 0 bridgehead atoms. The molecule has 104 valence electrons. The molecule has 0 aliphatic carbocycles. The van der Waals surface area contributed by atoms with Gasteiger partial charge < -0.3 is 9.13 Å². The summed E-state index contributed by atoms with van der Waals surface area (Å²) < 4.78 is 5.70. The van der Waals surface area contributed by atoms with E-state index in [1.54, 1.807) is 6.92 Å². The van der Waals surface area contributed by atoms with E-state index in [1.807, 2.05) is 71.8 Å². The molecule has 0 aliphatic heterocycles. The van der Waals surface area contributed by atoms with Gasteiger partial charge >= 0.3 is 0 Å². The van der Waals surface area contributed by atoms with Crippen molar-refractivity contribution in [3.05, 3.63) is 42.5 Å². The van der Waals surface area contributed by atoms with Gasteiger partial charge in [-0.1, -0.05) is 0 Å². The normalized spacial score (nSPS) is 12.1. The zero-order valence-corrected chi connectivity index (χ0v) is 12.1. The van der Waals surface area contributed by atoms with Crippen LogP contribution in [0, 0.1) is 0 Å². The van der Waals surface area contributed by atoms with E-state index >= 15 is 0 Å². The predicted molar refractivity (Wildman–Crippen MR) is 75.2 cm³/mol. The maximum Gasteiger partial charge on any atom is 0.229 e. The molecule has 0 unspecified atom stereocenters. The van der Waals surface area contributed by atoms with Crippen molar-refractivity contribution in [2.75, 3.05) is 0 Å². The highest BCUT2D eigenvalue weighted by atomic mass is 15.3. The Labute approximate surface area is 117 Å².